The van der Waals surface area contributed by atoms with Gasteiger partial charge in [-0.1, -0.05) is 44.2 Å². The number of aliphatic hydroxyl groups is 1. The van der Waals surface area contributed by atoms with Crippen LogP contribution in [0.4, 0.5) is 4.79 Å². The van der Waals surface area contributed by atoms with E-state index in [1.165, 1.54) is 7.11 Å². The highest BCUT2D eigenvalue weighted by Crippen LogP contribution is 2.05. The van der Waals surface area contributed by atoms with Gasteiger partial charge in [-0.15, -0.1) is 0 Å². The van der Waals surface area contributed by atoms with Crippen molar-refractivity contribution in [3.8, 4) is 0 Å². The van der Waals surface area contributed by atoms with Crippen LogP contribution in [-0.2, 0) is 25.7 Å². The molecule has 0 aliphatic carbocycles. The predicted octanol–water partition coefficient (Wildman–Crippen LogP) is 0.978. The van der Waals surface area contributed by atoms with Gasteiger partial charge in [0.2, 0.25) is 5.91 Å². The van der Waals surface area contributed by atoms with Crippen LogP contribution in [0.5, 0.6) is 0 Å². The Hall–Kier alpha value is -2.61. The molecule has 0 bridgehead atoms. The first-order valence-corrected chi connectivity index (χ1v) is 8.33. The smallest absolute Gasteiger partial charge is 0.407 e. The maximum Gasteiger partial charge on any atom is 0.407 e. The zero-order valence-electron chi connectivity index (χ0n) is 15.2. The topological polar surface area (TPSA) is 114 Å². The van der Waals surface area contributed by atoms with Crippen LogP contribution in [0, 0.1) is 5.92 Å². The third-order valence-corrected chi connectivity index (χ3v) is 3.55. The largest absolute Gasteiger partial charge is 0.467 e. The number of hydrogen-bond acceptors (Lipinski definition) is 6. The normalized spacial score (nSPS) is 12.8. The number of amides is 2. The summed E-state index contributed by atoms with van der Waals surface area (Å²) in [5, 5.41) is 14.8. The Morgan fingerprint density at radius 3 is 2.38 bits per heavy atom. The van der Waals surface area contributed by atoms with Crippen LogP contribution in [0.25, 0.3) is 0 Å². The lowest BCUT2D eigenvalue weighted by Gasteiger charge is -2.20. The number of carbonyl (C=O) groups excluding carboxylic acids is 3. The summed E-state index contributed by atoms with van der Waals surface area (Å²) in [6, 6.07) is 8.37. The van der Waals surface area contributed by atoms with Gasteiger partial charge in [0, 0.05) is 6.54 Å². The van der Waals surface area contributed by atoms with E-state index < -0.39 is 30.1 Å². The predicted molar refractivity (Wildman–Crippen MR) is 94.0 cm³/mol. The van der Waals surface area contributed by atoms with Gasteiger partial charge >= 0.3 is 12.1 Å². The van der Waals surface area contributed by atoms with E-state index in [0.717, 1.165) is 5.56 Å². The summed E-state index contributed by atoms with van der Waals surface area (Å²) in [6.07, 6.45) is -2.06. The maximum atomic E-state index is 11.9. The standard InChI is InChI=1S/C18H26N2O6/c1-12(2)16(17(23)25-3)20-15(22)9-14(21)10-19-18(24)26-11-13-7-5-4-6-8-13/h4-8,12,14,16,21H,9-11H2,1-3H3,(H,19,24)(H,20,22)/t14-,16-/m0/s1. The number of methoxy groups -OCH3 is 1. The maximum absolute atomic E-state index is 11.9. The molecule has 0 aliphatic heterocycles. The van der Waals surface area contributed by atoms with Crippen molar-refractivity contribution in [2.75, 3.05) is 13.7 Å². The van der Waals surface area contributed by atoms with Gasteiger partial charge in [0.15, 0.2) is 0 Å². The fraction of sp³-hybridized carbons (Fsp3) is 0.500. The Bertz CT molecular complexity index is 591. The van der Waals surface area contributed by atoms with Crippen LogP contribution in [-0.4, -0.2) is 48.9 Å². The molecule has 0 unspecified atom stereocenters. The molecular weight excluding hydrogens is 340 g/mol. The fourth-order valence-electron chi connectivity index (χ4n) is 2.12. The number of alkyl carbamates (subject to hydrolysis) is 1. The third-order valence-electron chi connectivity index (χ3n) is 3.55. The molecule has 0 aliphatic rings. The van der Waals surface area contributed by atoms with E-state index in [1.807, 2.05) is 30.3 Å². The van der Waals surface area contributed by atoms with Crippen LogP contribution < -0.4 is 10.6 Å². The van der Waals surface area contributed by atoms with Gasteiger partial charge < -0.3 is 25.2 Å². The molecule has 0 fully saturated rings. The van der Waals surface area contributed by atoms with Crippen LogP contribution in [0.2, 0.25) is 0 Å². The molecule has 1 aromatic carbocycles. The van der Waals surface area contributed by atoms with Crippen molar-refractivity contribution in [3.63, 3.8) is 0 Å². The molecule has 2 atom stereocenters. The van der Waals surface area contributed by atoms with Crippen molar-refractivity contribution >= 4 is 18.0 Å². The number of benzene rings is 1. The van der Waals surface area contributed by atoms with Crippen LogP contribution in [0.1, 0.15) is 25.8 Å². The summed E-state index contributed by atoms with van der Waals surface area (Å²) < 4.78 is 9.63. The van der Waals surface area contributed by atoms with E-state index in [0.29, 0.717) is 0 Å². The Labute approximate surface area is 152 Å². The Kier molecular flexibility index (Phi) is 9.14. The van der Waals surface area contributed by atoms with E-state index in [1.54, 1.807) is 13.8 Å². The van der Waals surface area contributed by atoms with Gasteiger partial charge in [-0.25, -0.2) is 9.59 Å². The third kappa shape index (κ3) is 7.98. The van der Waals surface area contributed by atoms with Gasteiger partial charge in [-0.05, 0) is 11.5 Å². The second kappa shape index (κ2) is 11.1. The Morgan fingerprint density at radius 1 is 1.15 bits per heavy atom. The molecule has 0 heterocycles. The number of aliphatic hydroxyl groups excluding tert-OH is 1. The quantitative estimate of drug-likeness (QED) is 0.561. The minimum absolute atomic E-state index is 0.110. The summed E-state index contributed by atoms with van der Waals surface area (Å²) in [5.74, 6) is -1.22. The summed E-state index contributed by atoms with van der Waals surface area (Å²) >= 11 is 0. The summed E-state index contributed by atoms with van der Waals surface area (Å²) in [7, 11) is 1.24. The lowest BCUT2D eigenvalue weighted by Crippen LogP contribution is -2.46. The molecule has 8 nitrogen and oxygen atoms in total. The molecule has 0 spiro atoms. The lowest BCUT2D eigenvalue weighted by molar-refractivity contribution is -0.146. The Balaban J connectivity index is 2.31. The highest BCUT2D eigenvalue weighted by molar-refractivity contribution is 5.84. The monoisotopic (exact) mass is 366 g/mol. The van der Waals surface area contributed by atoms with Crippen molar-refractivity contribution in [1.29, 1.82) is 0 Å². The van der Waals surface area contributed by atoms with Gasteiger partial charge in [-0.3, -0.25) is 4.79 Å². The first kappa shape index (κ1) is 21.4. The molecule has 1 rings (SSSR count). The first-order chi connectivity index (χ1) is 12.3. The van der Waals surface area contributed by atoms with Crippen LogP contribution in [0.3, 0.4) is 0 Å². The van der Waals surface area contributed by atoms with Gasteiger partial charge in [-0.2, -0.15) is 0 Å². The van der Waals surface area contributed by atoms with E-state index >= 15 is 0 Å². The molecule has 2 amide bonds. The minimum atomic E-state index is -1.11. The molecule has 0 radical (unpaired) electrons. The van der Waals surface area contributed by atoms with Crippen molar-refractivity contribution < 1.29 is 29.0 Å². The molecule has 0 aromatic heterocycles. The van der Waals surface area contributed by atoms with E-state index in [4.69, 9.17) is 4.74 Å². The molecule has 1 aromatic rings. The minimum Gasteiger partial charge on any atom is -0.467 e. The van der Waals surface area contributed by atoms with Crippen LogP contribution in [0.15, 0.2) is 30.3 Å². The average molecular weight is 366 g/mol. The number of rotatable bonds is 9. The van der Waals surface area contributed by atoms with Gasteiger partial charge in [0.05, 0.1) is 19.6 Å². The first-order valence-electron chi connectivity index (χ1n) is 8.33. The summed E-state index contributed by atoms with van der Waals surface area (Å²) in [5.41, 5.74) is 0.838. The second-order valence-corrected chi connectivity index (χ2v) is 6.11. The van der Waals surface area contributed by atoms with Crippen LogP contribution >= 0.6 is 0 Å². The van der Waals surface area contributed by atoms with Gasteiger partial charge in [0.25, 0.3) is 0 Å². The zero-order chi connectivity index (χ0) is 19.5. The van der Waals surface area contributed by atoms with E-state index in [2.05, 4.69) is 15.4 Å². The number of esters is 1. The zero-order valence-corrected chi connectivity index (χ0v) is 15.2. The van der Waals surface area contributed by atoms with Crippen molar-refractivity contribution in [3.05, 3.63) is 35.9 Å². The lowest BCUT2D eigenvalue weighted by atomic mass is 10.0. The molecular formula is C18H26N2O6. The van der Waals surface area contributed by atoms with Crippen molar-refractivity contribution in [2.24, 2.45) is 5.92 Å². The average Bonchev–Trinajstić information content (AvgIpc) is 2.62. The summed E-state index contributed by atoms with van der Waals surface area (Å²) in [6.45, 7) is 3.50. The van der Waals surface area contributed by atoms with E-state index in [-0.39, 0.29) is 25.5 Å². The summed E-state index contributed by atoms with van der Waals surface area (Å²) in [4.78, 5) is 35.1. The van der Waals surface area contributed by atoms with E-state index in [9.17, 15) is 19.5 Å². The van der Waals surface area contributed by atoms with Crippen molar-refractivity contribution in [1.82, 2.24) is 10.6 Å². The SMILES string of the molecule is COC(=O)[C@@H](NC(=O)C[C@H](O)CNC(=O)OCc1ccccc1)C(C)C. The highest BCUT2D eigenvalue weighted by Gasteiger charge is 2.25. The molecule has 144 valence electrons. The molecule has 8 heteroatoms. The number of ether oxygens (including phenoxy) is 2. The number of nitrogens with one attached hydrogen (secondary N) is 2. The number of hydrogen-bond donors (Lipinski definition) is 3. The van der Waals surface area contributed by atoms with Crippen molar-refractivity contribution in [2.45, 2.75) is 39.0 Å². The molecule has 26 heavy (non-hydrogen) atoms. The van der Waals surface area contributed by atoms with Gasteiger partial charge in [0.1, 0.15) is 12.6 Å². The molecule has 0 saturated heterocycles. The highest BCUT2D eigenvalue weighted by atomic mass is 16.5. The number of carbonyl (C=O) groups is 3. The molecule has 3 N–H and O–H groups in total. The molecule has 0 saturated carbocycles. The second-order valence-electron chi connectivity index (χ2n) is 6.11. The Morgan fingerprint density at radius 2 is 1.81 bits per heavy atom. The fourth-order valence-corrected chi connectivity index (χ4v) is 2.12.